The van der Waals surface area contributed by atoms with E-state index in [1.165, 1.54) is 25.7 Å². The van der Waals surface area contributed by atoms with Crippen LogP contribution in [0.15, 0.2) is 18.2 Å². The van der Waals surface area contributed by atoms with E-state index in [0.29, 0.717) is 17.3 Å². The van der Waals surface area contributed by atoms with E-state index in [1.54, 1.807) is 7.11 Å². The van der Waals surface area contributed by atoms with E-state index in [9.17, 15) is 0 Å². The summed E-state index contributed by atoms with van der Waals surface area (Å²) in [4.78, 5) is 0.348. The van der Waals surface area contributed by atoms with Crippen LogP contribution in [0.2, 0.25) is 0 Å². The molecule has 0 bridgehead atoms. The third-order valence-electron chi connectivity index (χ3n) is 3.53. The maximum Gasteiger partial charge on any atom is 0.129 e. The Kier molecular flexibility index (Phi) is 8.31. The zero-order valence-corrected chi connectivity index (χ0v) is 14.2. The molecule has 0 radical (unpaired) electrons. The molecule has 0 spiro atoms. The van der Waals surface area contributed by atoms with Crippen molar-refractivity contribution in [1.82, 2.24) is 0 Å². The molecular formula is C17H27NO2S. The molecule has 0 heterocycles. The third-order valence-corrected chi connectivity index (χ3v) is 3.75. The SMILES string of the molecule is CCCCCCC(C)OCc1ccc(OC)c(C(N)=S)c1. The molecule has 118 valence electrons. The highest BCUT2D eigenvalue weighted by molar-refractivity contribution is 7.80. The first-order valence-corrected chi connectivity index (χ1v) is 8.07. The van der Waals surface area contributed by atoms with Crippen molar-refractivity contribution in [2.75, 3.05) is 7.11 Å². The van der Waals surface area contributed by atoms with E-state index in [-0.39, 0.29) is 6.10 Å². The fourth-order valence-electron chi connectivity index (χ4n) is 2.22. The van der Waals surface area contributed by atoms with Crippen molar-refractivity contribution in [3.63, 3.8) is 0 Å². The van der Waals surface area contributed by atoms with Crippen LogP contribution in [0, 0.1) is 0 Å². The monoisotopic (exact) mass is 309 g/mol. The molecule has 1 aromatic carbocycles. The van der Waals surface area contributed by atoms with Gasteiger partial charge in [0.25, 0.3) is 0 Å². The smallest absolute Gasteiger partial charge is 0.129 e. The topological polar surface area (TPSA) is 44.5 Å². The summed E-state index contributed by atoms with van der Waals surface area (Å²) >= 11 is 5.05. The Bertz CT molecular complexity index is 448. The number of methoxy groups -OCH3 is 1. The lowest BCUT2D eigenvalue weighted by Crippen LogP contribution is -2.12. The Balaban J connectivity index is 2.48. The zero-order valence-electron chi connectivity index (χ0n) is 13.4. The van der Waals surface area contributed by atoms with Gasteiger partial charge in [0.15, 0.2) is 0 Å². The molecule has 2 N–H and O–H groups in total. The summed E-state index contributed by atoms with van der Waals surface area (Å²) in [5.74, 6) is 0.707. The first-order chi connectivity index (χ1) is 10.1. The van der Waals surface area contributed by atoms with Crippen LogP contribution in [0.1, 0.15) is 57.1 Å². The van der Waals surface area contributed by atoms with Crippen LogP contribution in [-0.4, -0.2) is 18.2 Å². The van der Waals surface area contributed by atoms with E-state index in [2.05, 4.69) is 13.8 Å². The van der Waals surface area contributed by atoms with Crippen LogP contribution < -0.4 is 10.5 Å². The molecule has 0 aliphatic carbocycles. The fourth-order valence-corrected chi connectivity index (χ4v) is 2.38. The second kappa shape index (κ2) is 9.74. The number of benzene rings is 1. The maximum absolute atomic E-state index is 5.89. The molecule has 0 saturated carbocycles. The predicted molar refractivity (Wildman–Crippen MR) is 91.9 cm³/mol. The van der Waals surface area contributed by atoms with Gasteiger partial charge < -0.3 is 15.2 Å². The number of unbranched alkanes of at least 4 members (excludes halogenated alkanes) is 3. The summed E-state index contributed by atoms with van der Waals surface area (Å²) in [6.45, 7) is 4.93. The summed E-state index contributed by atoms with van der Waals surface area (Å²) in [7, 11) is 1.62. The lowest BCUT2D eigenvalue weighted by molar-refractivity contribution is 0.0459. The number of hydrogen-bond donors (Lipinski definition) is 1. The summed E-state index contributed by atoms with van der Waals surface area (Å²) < 4.78 is 11.1. The Morgan fingerprint density at radius 1 is 1.29 bits per heavy atom. The highest BCUT2D eigenvalue weighted by Crippen LogP contribution is 2.21. The molecule has 1 atom stereocenters. The Hall–Kier alpha value is -1.13. The number of ether oxygens (including phenoxy) is 2. The summed E-state index contributed by atoms with van der Waals surface area (Å²) in [5.41, 5.74) is 7.56. The maximum atomic E-state index is 5.89. The molecule has 0 aliphatic rings. The van der Waals surface area contributed by atoms with Crippen LogP contribution >= 0.6 is 12.2 Å². The van der Waals surface area contributed by atoms with Crippen molar-refractivity contribution in [2.24, 2.45) is 5.73 Å². The quantitative estimate of drug-likeness (QED) is 0.519. The second-order valence-corrected chi connectivity index (χ2v) is 5.81. The summed E-state index contributed by atoms with van der Waals surface area (Å²) in [6, 6.07) is 5.83. The molecule has 0 fully saturated rings. The number of nitrogens with two attached hydrogens (primary N) is 1. The van der Waals surface area contributed by atoms with Crippen molar-refractivity contribution in [1.29, 1.82) is 0 Å². The minimum absolute atomic E-state index is 0.275. The van der Waals surface area contributed by atoms with Crippen molar-refractivity contribution in [3.05, 3.63) is 29.3 Å². The van der Waals surface area contributed by atoms with E-state index in [1.807, 2.05) is 18.2 Å². The first-order valence-electron chi connectivity index (χ1n) is 7.66. The minimum Gasteiger partial charge on any atom is -0.496 e. The molecule has 1 rings (SSSR count). The van der Waals surface area contributed by atoms with Crippen molar-refractivity contribution in [3.8, 4) is 5.75 Å². The van der Waals surface area contributed by atoms with Crippen LogP contribution in [0.4, 0.5) is 0 Å². The molecule has 0 aromatic heterocycles. The highest BCUT2D eigenvalue weighted by atomic mass is 32.1. The van der Waals surface area contributed by atoms with E-state index >= 15 is 0 Å². The van der Waals surface area contributed by atoms with Gasteiger partial charge in [-0.1, -0.05) is 50.9 Å². The average molecular weight is 309 g/mol. The minimum atomic E-state index is 0.275. The molecule has 0 saturated heterocycles. The standard InChI is InChI=1S/C17H27NO2S/c1-4-5-6-7-8-13(2)20-12-14-9-10-16(19-3)15(11-14)17(18)21/h9-11,13H,4-8,12H2,1-3H3,(H2,18,21). The number of rotatable bonds is 10. The van der Waals surface area contributed by atoms with Gasteiger partial charge in [-0.25, -0.2) is 0 Å². The van der Waals surface area contributed by atoms with Crippen molar-refractivity contribution >= 4 is 17.2 Å². The average Bonchev–Trinajstić information content (AvgIpc) is 2.49. The highest BCUT2D eigenvalue weighted by Gasteiger charge is 2.08. The predicted octanol–water partition coefficient (Wildman–Crippen LogP) is 4.20. The Morgan fingerprint density at radius 3 is 2.67 bits per heavy atom. The Morgan fingerprint density at radius 2 is 2.05 bits per heavy atom. The molecule has 4 heteroatoms. The number of thiocarbonyl (C=S) groups is 1. The van der Waals surface area contributed by atoms with Crippen LogP contribution in [-0.2, 0) is 11.3 Å². The van der Waals surface area contributed by atoms with Gasteiger partial charge in [-0.3, -0.25) is 0 Å². The van der Waals surface area contributed by atoms with Gasteiger partial charge in [0.05, 0.1) is 25.4 Å². The first kappa shape index (κ1) is 17.9. The lowest BCUT2D eigenvalue weighted by atomic mass is 10.1. The van der Waals surface area contributed by atoms with E-state index in [0.717, 1.165) is 17.5 Å². The number of hydrogen-bond acceptors (Lipinski definition) is 3. The Labute approximate surface area is 133 Å². The third kappa shape index (κ3) is 6.44. The molecule has 1 aromatic rings. The second-order valence-electron chi connectivity index (χ2n) is 5.37. The zero-order chi connectivity index (χ0) is 15.7. The van der Waals surface area contributed by atoms with Gasteiger partial charge in [0.2, 0.25) is 0 Å². The van der Waals surface area contributed by atoms with Gasteiger partial charge >= 0.3 is 0 Å². The molecule has 0 amide bonds. The van der Waals surface area contributed by atoms with Crippen LogP contribution in [0.5, 0.6) is 5.75 Å². The van der Waals surface area contributed by atoms with Crippen molar-refractivity contribution < 1.29 is 9.47 Å². The molecule has 1 unspecified atom stereocenters. The molecule has 21 heavy (non-hydrogen) atoms. The van der Waals surface area contributed by atoms with Crippen LogP contribution in [0.3, 0.4) is 0 Å². The van der Waals surface area contributed by atoms with Gasteiger partial charge in [-0.15, -0.1) is 0 Å². The van der Waals surface area contributed by atoms with Gasteiger partial charge in [-0.2, -0.15) is 0 Å². The van der Waals surface area contributed by atoms with E-state index < -0.39 is 0 Å². The largest absolute Gasteiger partial charge is 0.496 e. The molecule has 3 nitrogen and oxygen atoms in total. The summed E-state index contributed by atoms with van der Waals surface area (Å²) in [5, 5.41) is 0. The van der Waals surface area contributed by atoms with Gasteiger partial charge in [-0.05, 0) is 31.0 Å². The fraction of sp³-hybridized carbons (Fsp3) is 0.588. The van der Waals surface area contributed by atoms with Gasteiger partial charge in [0, 0.05) is 0 Å². The normalized spacial score (nSPS) is 12.1. The van der Waals surface area contributed by atoms with E-state index in [4.69, 9.17) is 27.4 Å². The summed E-state index contributed by atoms with van der Waals surface area (Å²) in [6.07, 6.45) is 6.48. The lowest BCUT2D eigenvalue weighted by Gasteiger charge is -2.14. The van der Waals surface area contributed by atoms with Gasteiger partial charge in [0.1, 0.15) is 10.7 Å². The van der Waals surface area contributed by atoms with Crippen molar-refractivity contribution in [2.45, 2.75) is 58.7 Å². The van der Waals surface area contributed by atoms with Crippen LogP contribution in [0.25, 0.3) is 0 Å². The molecular weight excluding hydrogens is 282 g/mol. The molecule has 0 aliphatic heterocycles.